The van der Waals surface area contributed by atoms with Gasteiger partial charge in [0.2, 0.25) is 0 Å². The highest BCUT2D eigenvalue weighted by Crippen LogP contribution is 2.27. The number of furan rings is 1. The maximum absolute atomic E-state index is 12.5. The number of amides is 1. The first-order valence-corrected chi connectivity index (χ1v) is 8.88. The average Bonchev–Trinajstić information content (AvgIpc) is 3.34. The summed E-state index contributed by atoms with van der Waals surface area (Å²) < 4.78 is 22.8. The smallest absolute Gasteiger partial charge is 0.343 e. The van der Waals surface area contributed by atoms with Crippen molar-refractivity contribution in [1.82, 2.24) is 9.78 Å². The summed E-state index contributed by atoms with van der Waals surface area (Å²) in [5.41, 5.74) is 0.161. The van der Waals surface area contributed by atoms with Gasteiger partial charge in [0.15, 0.2) is 17.3 Å². The first-order chi connectivity index (χ1) is 14.0. The second kappa shape index (κ2) is 8.96. The van der Waals surface area contributed by atoms with Gasteiger partial charge in [-0.2, -0.15) is 5.10 Å². The first-order valence-electron chi connectivity index (χ1n) is 8.88. The number of ether oxygens (including phenoxy) is 3. The van der Waals surface area contributed by atoms with E-state index in [9.17, 15) is 9.59 Å². The molecule has 0 bridgehead atoms. The third kappa shape index (κ3) is 4.57. The third-order valence-electron chi connectivity index (χ3n) is 3.99. The number of methoxy groups -OCH3 is 1. The van der Waals surface area contributed by atoms with Crippen LogP contribution in [0.15, 0.2) is 47.0 Å². The van der Waals surface area contributed by atoms with Crippen LogP contribution in [0.1, 0.15) is 33.6 Å². The predicted octanol–water partition coefficient (Wildman–Crippen LogP) is 3.03. The van der Waals surface area contributed by atoms with Crippen molar-refractivity contribution in [2.75, 3.05) is 19.0 Å². The largest absolute Gasteiger partial charge is 0.493 e. The van der Waals surface area contributed by atoms with Crippen LogP contribution in [0.25, 0.3) is 0 Å². The summed E-state index contributed by atoms with van der Waals surface area (Å²) >= 11 is 0. The Morgan fingerprint density at radius 2 is 1.93 bits per heavy atom. The number of carbonyl (C=O) groups is 2. The Kier molecular flexibility index (Phi) is 6.18. The SMILES string of the molecule is CCOC(=O)c1cnn(C)c1NC(=O)c1ccc(COc2ccccc2OC)o1. The van der Waals surface area contributed by atoms with Gasteiger partial charge >= 0.3 is 5.97 Å². The topological polar surface area (TPSA) is 105 Å². The van der Waals surface area contributed by atoms with Crippen LogP contribution in [0, 0.1) is 0 Å². The molecule has 0 fully saturated rings. The number of rotatable bonds is 8. The van der Waals surface area contributed by atoms with Gasteiger partial charge in [0.05, 0.1) is 19.9 Å². The number of hydrogen-bond donors (Lipinski definition) is 1. The van der Waals surface area contributed by atoms with Crippen LogP contribution in [0.4, 0.5) is 5.82 Å². The number of carbonyl (C=O) groups excluding carboxylic acids is 2. The fourth-order valence-electron chi connectivity index (χ4n) is 2.58. The molecule has 0 saturated heterocycles. The van der Waals surface area contributed by atoms with Crippen molar-refractivity contribution in [2.24, 2.45) is 7.05 Å². The maximum atomic E-state index is 12.5. The molecule has 1 N–H and O–H groups in total. The highest BCUT2D eigenvalue weighted by molar-refractivity contribution is 6.05. The standard InChI is InChI=1S/C20H21N3O6/c1-4-27-20(25)14-11-21-23(2)18(14)22-19(24)17-10-9-13(29-17)12-28-16-8-6-5-7-15(16)26-3/h5-11H,4,12H2,1-3H3,(H,22,24). The van der Waals surface area contributed by atoms with E-state index in [1.807, 2.05) is 12.1 Å². The van der Waals surface area contributed by atoms with Crippen LogP contribution in [0.5, 0.6) is 11.5 Å². The Hall–Kier alpha value is -3.75. The zero-order chi connectivity index (χ0) is 20.8. The quantitative estimate of drug-likeness (QED) is 0.581. The zero-order valence-electron chi connectivity index (χ0n) is 16.3. The van der Waals surface area contributed by atoms with Crippen molar-refractivity contribution in [1.29, 1.82) is 0 Å². The van der Waals surface area contributed by atoms with Crippen LogP contribution < -0.4 is 14.8 Å². The normalized spacial score (nSPS) is 10.4. The fraction of sp³-hybridized carbons (Fsp3) is 0.250. The molecule has 0 aliphatic carbocycles. The molecule has 9 nitrogen and oxygen atoms in total. The summed E-state index contributed by atoms with van der Waals surface area (Å²) in [6.07, 6.45) is 1.34. The summed E-state index contributed by atoms with van der Waals surface area (Å²) in [5.74, 6) is 0.808. The Bertz CT molecular complexity index is 1010. The molecule has 0 radical (unpaired) electrons. The van der Waals surface area contributed by atoms with Gasteiger partial charge in [-0.05, 0) is 31.2 Å². The van der Waals surface area contributed by atoms with Crippen molar-refractivity contribution in [2.45, 2.75) is 13.5 Å². The van der Waals surface area contributed by atoms with Gasteiger partial charge in [-0.3, -0.25) is 9.48 Å². The monoisotopic (exact) mass is 399 g/mol. The minimum Gasteiger partial charge on any atom is -0.493 e. The molecular weight excluding hydrogens is 378 g/mol. The lowest BCUT2D eigenvalue weighted by molar-refractivity contribution is 0.0527. The molecule has 0 spiro atoms. The lowest BCUT2D eigenvalue weighted by Crippen LogP contribution is -2.17. The van der Waals surface area contributed by atoms with Gasteiger partial charge in [0.25, 0.3) is 5.91 Å². The zero-order valence-corrected chi connectivity index (χ0v) is 16.3. The molecule has 0 aliphatic rings. The van der Waals surface area contributed by atoms with Gasteiger partial charge in [-0.25, -0.2) is 4.79 Å². The van der Waals surface area contributed by atoms with E-state index in [4.69, 9.17) is 18.6 Å². The first kappa shape index (κ1) is 20.0. The molecular formula is C20H21N3O6. The van der Waals surface area contributed by atoms with E-state index in [2.05, 4.69) is 10.4 Å². The van der Waals surface area contributed by atoms with E-state index in [-0.39, 0.29) is 30.4 Å². The average molecular weight is 399 g/mol. The molecule has 0 unspecified atom stereocenters. The van der Waals surface area contributed by atoms with Gasteiger partial charge < -0.3 is 23.9 Å². The van der Waals surface area contributed by atoms with Crippen molar-refractivity contribution in [3.05, 3.63) is 59.7 Å². The van der Waals surface area contributed by atoms with Crippen molar-refractivity contribution in [3.63, 3.8) is 0 Å². The molecule has 3 aromatic rings. The molecule has 3 rings (SSSR count). The lowest BCUT2D eigenvalue weighted by Gasteiger charge is -2.09. The summed E-state index contributed by atoms with van der Waals surface area (Å²) in [6.45, 7) is 2.03. The Morgan fingerprint density at radius 3 is 2.66 bits per heavy atom. The summed E-state index contributed by atoms with van der Waals surface area (Å²) in [4.78, 5) is 24.5. The molecule has 0 aliphatic heterocycles. The minimum absolute atomic E-state index is 0.0691. The number of benzene rings is 1. The molecule has 2 aromatic heterocycles. The Morgan fingerprint density at radius 1 is 1.17 bits per heavy atom. The van der Waals surface area contributed by atoms with Crippen LogP contribution in [0.2, 0.25) is 0 Å². The molecule has 9 heteroatoms. The second-order valence-electron chi connectivity index (χ2n) is 5.91. The van der Waals surface area contributed by atoms with Gasteiger partial charge in [0.1, 0.15) is 23.7 Å². The predicted molar refractivity (Wildman–Crippen MR) is 103 cm³/mol. The van der Waals surface area contributed by atoms with Crippen LogP contribution in [-0.2, 0) is 18.4 Å². The molecule has 2 heterocycles. The molecule has 1 amide bonds. The highest BCUT2D eigenvalue weighted by atomic mass is 16.5. The summed E-state index contributed by atoms with van der Waals surface area (Å²) in [5, 5.41) is 6.62. The number of aromatic nitrogens is 2. The number of aryl methyl sites for hydroxylation is 1. The van der Waals surface area contributed by atoms with Gasteiger partial charge in [0, 0.05) is 7.05 Å². The van der Waals surface area contributed by atoms with Crippen LogP contribution >= 0.6 is 0 Å². The van der Waals surface area contributed by atoms with Crippen LogP contribution in [-0.4, -0.2) is 35.4 Å². The molecule has 1 aromatic carbocycles. The molecule has 152 valence electrons. The van der Waals surface area contributed by atoms with E-state index in [0.29, 0.717) is 17.3 Å². The number of nitrogens with one attached hydrogen (secondary N) is 1. The number of anilines is 1. The Labute approximate surface area is 167 Å². The minimum atomic E-state index is -0.568. The Balaban J connectivity index is 1.67. The van der Waals surface area contributed by atoms with Crippen molar-refractivity contribution < 1.29 is 28.2 Å². The number of nitrogens with zero attached hydrogens (tertiary/aromatic N) is 2. The number of para-hydroxylation sites is 2. The van der Waals surface area contributed by atoms with Gasteiger partial charge in [-0.1, -0.05) is 12.1 Å². The number of esters is 1. The highest BCUT2D eigenvalue weighted by Gasteiger charge is 2.21. The third-order valence-corrected chi connectivity index (χ3v) is 3.99. The number of hydrogen-bond acceptors (Lipinski definition) is 7. The van der Waals surface area contributed by atoms with Crippen molar-refractivity contribution in [3.8, 4) is 11.5 Å². The van der Waals surface area contributed by atoms with Gasteiger partial charge in [-0.15, -0.1) is 0 Å². The molecule has 29 heavy (non-hydrogen) atoms. The van der Waals surface area contributed by atoms with E-state index in [1.54, 1.807) is 39.3 Å². The van der Waals surface area contributed by atoms with E-state index >= 15 is 0 Å². The summed E-state index contributed by atoms with van der Waals surface area (Å²) in [6, 6.07) is 10.4. The van der Waals surface area contributed by atoms with E-state index < -0.39 is 11.9 Å². The van der Waals surface area contributed by atoms with Crippen molar-refractivity contribution >= 4 is 17.7 Å². The molecule has 0 saturated carbocycles. The maximum Gasteiger partial charge on any atom is 0.343 e. The second-order valence-corrected chi connectivity index (χ2v) is 5.91. The molecule has 0 atom stereocenters. The summed E-state index contributed by atoms with van der Waals surface area (Å²) in [7, 11) is 3.16. The fourth-order valence-corrected chi connectivity index (χ4v) is 2.58. The van der Waals surface area contributed by atoms with E-state index in [0.717, 1.165) is 0 Å². The van der Waals surface area contributed by atoms with E-state index in [1.165, 1.54) is 16.9 Å². The van der Waals surface area contributed by atoms with Crippen LogP contribution in [0.3, 0.4) is 0 Å². The lowest BCUT2D eigenvalue weighted by atomic mass is 10.3.